The Morgan fingerprint density at radius 3 is 2.80 bits per heavy atom. The second kappa shape index (κ2) is 6.69. The predicted molar refractivity (Wildman–Crippen MR) is 62.3 cm³/mol. The summed E-state index contributed by atoms with van der Waals surface area (Å²) in [5, 5.41) is 3.44. The van der Waals surface area contributed by atoms with Crippen LogP contribution in [0.1, 0.15) is 26.2 Å². The fraction of sp³-hybridized carbons (Fsp3) is 1.00. The molecule has 0 aromatic rings. The Kier molecular flexibility index (Phi) is 5.90. The fourth-order valence-electron chi connectivity index (χ4n) is 2.18. The van der Waals surface area contributed by atoms with Crippen LogP contribution in [0, 0.1) is 11.8 Å². The molecule has 3 atom stereocenters. The average Bonchev–Trinajstić information content (AvgIpc) is 2.23. The Labute approximate surface area is 98.3 Å². The summed E-state index contributed by atoms with van der Waals surface area (Å²) in [6, 6.07) is 0. The largest absolute Gasteiger partial charge is 0.381 e. The van der Waals surface area contributed by atoms with Crippen molar-refractivity contribution >= 4 is 12.4 Å². The van der Waals surface area contributed by atoms with E-state index in [2.05, 4.69) is 12.2 Å². The molecular formula is C11H22ClNO2. The predicted octanol–water partition coefficient (Wildman–Crippen LogP) is 1.81. The lowest BCUT2D eigenvalue weighted by Gasteiger charge is -2.32. The van der Waals surface area contributed by atoms with Crippen molar-refractivity contribution in [2.45, 2.75) is 32.4 Å². The topological polar surface area (TPSA) is 30.5 Å². The van der Waals surface area contributed by atoms with Crippen LogP contribution < -0.4 is 5.32 Å². The summed E-state index contributed by atoms with van der Waals surface area (Å²) in [6.45, 7) is 6.10. The summed E-state index contributed by atoms with van der Waals surface area (Å²) >= 11 is 0. The number of hydrogen-bond donors (Lipinski definition) is 1. The average molecular weight is 236 g/mol. The van der Waals surface area contributed by atoms with E-state index in [0.717, 1.165) is 32.8 Å². The Bertz CT molecular complexity index is 166. The van der Waals surface area contributed by atoms with Crippen molar-refractivity contribution in [3.8, 4) is 0 Å². The molecule has 0 bridgehead atoms. The van der Waals surface area contributed by atoms with Crippen LogP contribution in [0.3, 0.4) is 0 Å². The summed E-state index contributed by atoms with van der Waals surface area (Å²) in [4.78, 5) is 0. The van der Waals surface area contributed by atoms with Crippen LogP contribution in [0.15, 0.2) is 0 Å². The third-order valence-corrected chi connectivity index (χ3v) is 3.08. The zero-order valence-electron chi connectivity index (χ0n) is 9.41. The molecule has 0 aromatic heterocycles. The number of nitrogens with one attached hydrogen (secondary N) is 1. The van der Waals surface area contributed by atoms with E-state index in [1.165, 1.54) is 12.8 Å². The maximum absolute atomic E-state index is 5.73. The maximum Gasteiger partial charge on any atom is 0.108 e. The molecule has 0 aromatic carbocycles. The lowest BCUT2D eigenvalue weighted by molar-refractivity contribution is -0.0509. The molecule has 2 aliphatic heterocycles. The molecule has 2 aliphatic rings. The molecule has 3 nitrogen and oxygen atoms in total. The molecule has 1 N–H and O–H groups in total. The van der Waals surface area contributed by atoms with Gasteiger partial charge in [-0.25, -0.2) is 0 Å². The molecule has 0 spiro atoms. The highest BCUT2D eigenvalue weighted by atomic mass is 35.5. The van der Waals surface area contributed by atoms with Crippen molar-refractivity contribution < 1.29 is 9.47 Å². The smallest absolute Gasteiger partial charge is 0.108 e. The summed E-state index contributed by atoms with van der Waals surface area (Å²) in [5.74, 6) is 1.36. The fourth-order valence-corrected chi connectivity index (χ4v) is 2.18. The second-order valence-electron chi connectivity index (χ2n) is 4.65. The van der Waals surface area contributed by atoms with Gasteiger partial charge in [0.25, 0.3) is 0 Å². The van der Waals surface area contributed by atoms with Crippen LogP contribution in [0.4, 0.5) is 0 Å². The molecule has 15 heavy (non-hydrogen) atoms. The van der Waals surface area contributed by atoms with E-state index in [1.54, 1.807) is 0 Å². The van der Waals surface area contributed by atoms with E-state index in [4.69, 9.17) is 9.47 Å². The minimum Gasteiger partial charge on any atom is -0.381 e. The number of hydrogen-bond acceptors (Lipinski definition) is 3. The quantitative estimate of drug-likeness (QED) is 0.792. The normalized spacial score (nSPS) is 37.0. The summed E-state index contributed by atoms with van der Waals surface area (Å²) in [5.41, 5.74) is 0. The lowest BCUT2D eigenvalue weighted by atomic mass is 9.97. The van der Waals surface area contributed by atoms with Crippen LogP contribution in [0.2, 0.25) is 0 Å². The summed E-state index contributed by atoms with van der Waals surface area (Å²) in [7, 11) is 0. The van der Waals surface area contributed by atoms with Crippen molar-refractivity contribution in [3.63, 3.8) is 0 Å². The summed E-state index contributed by atoms with van der Waals surface area (Å²) < 4.78 is 11.2. The van der Waals surface area contributed by atoms with Crippen molar-refractivity contribution in [3.05, 3.63) is 0 Å². The van der Waals surface area contributed by atoms with Crippen LogP contribution in [-0.2, 0) is 9.47 Å². The molecule has 0 radical (unpaired) electrons. The van der Waals surface area contributed by atoms with Gasteiger partial charge in [0, 0.05) is 19.8 Å². The second-order valence-corrected chi connectivity index (χ2v) is 4.65. The molecular weight excluding hydrogens is 214 g/mol. The first-order valence-corrected chi connectivity index (χ1v) is 5.77. The van der Waals surface area contributed by atoms with Crippen LogP contribution in [-0.4, -0.2) is 32.6 Å². The molecule has 2 saturated heterocycles. The lowest BCUT2D eigenvalue weighted by Crippen LogP contribution is -2.44. The standard InChI is InChI=1S/C11H21NO2.ClH/c1-9-6-12-11(14-7-9)5-10-3-2-4-13-8-10;/h9-12H,2-8H2,1H3;1H. The van der Waals surface area contributed by atoms with Gasteiger partial charge in [0.05, 0.1) is 6.61 Å². The third kappa shape index (κ3) is 4.27. The van der Waals surface area contributed by atoms with Gasteiger partial charge in [0.15, 0.2) is 0 Å². The van der Waals surface area contributed by atoms with Gasteiger partial charge < -0.3 is 9.47 Å². The SMILES string of the molecule is CC1CNC(CC2CCCOC2)OC1.Cl. The summed E-state index contributed by atoms with van der Waals surface area (Å²) in [6.07, 6.45) is 3.91. The maximum atomic E-state index is 5.73. The van der Waals surface area contributed by atoms with Crippen LogP contribution in [0.25, 0.3) is 0 Å². The van der Waals surface area contributed by atoms with E-state index in [1.807, 2.05) is 0 Å². The molecule has 2 heterocycles. The zero-order valence-corrected chi connectivity index (χ0v) is 10.2. The number of halogens is 1. The van der Waals surface area contributed by atoms with Gasteiger partial charge >= 0.3 is 0 Å². The van der Waals surface area contributed by atoms with Crippen LogP contribution in [0.5, 0.6) is 0 Å². The van der Waals surface area contributed by atoms with E-state index in [9.17, 15) is 0 Å². The highest BCUT2D eigenvalue weighted by Gasteiger charge is 2.23. The Balaban J connectivity index is 0.00000112. The highest BCUT2D eigenvalue weighted by Crippen LogP contribution is 2.20. The van der Waals surface area contributed by atoms with Gasteiger partial charge in [-0.3, -0.25) is 5.32 Å². The zero-order chi connectivity index (χ0) is 9.80. The van der Waals surface area contributed by atoms with Crippen molar-refractivity contribution in [1.29, 1.82) is 0 Å². The molecule has 2 fully saturated rings. The van der Waals surface area contributed by atoms with Gasteiger partial charge in [0.1, 0.15) is 6.23 Å². The number of ether oxygens (including phenoxy) is 2. The monoisotopic (exact) mass is 235 g/mol. The molecule has 0 amide bonds. The first kappa shape index (κ1) is 13.2. The Morgan fingerprint density at radius 1 is 1.33 bits per heavy atom. The molecule has 2 rings (SSSR count). The molecule has 0 aliphatic carbocycles. The van der Waals surface area contributed by atoms with Gasteiger partial charge in [-0.1, -0.05) is 6.92 Å². The molecule has 3 unspecified atom stereocenters. The van der Waals surface area contributed by atoms with Crippen molar-refractivity contribution in [1.82, 2.24) is 5.32 Å². The van der Waals surface area contributed by atoms with E-state index in [-0.39, 0.29) is 18.6 Å². The molecule has 90 valence electrons. The molecule has 0 saturated carbocycles. The highest BCUT2D eigenvalue weighted by molar-refractivity contribution is 5.85. The first-order valence-electron chi connectivity index (χ1n) is 5.77. The van der Waals surface area contributed by atoms with Crippen LogP contribution >= 0.6 is 12.4 Å². The first-order chi connectivity index (χ1) is 6.84. The van der Waals surface area contributed by atoms with Crippen molar-refractivity contribution in [2.24, 2.45) is 11.8 Å². The minimum atomic E-state index is 0. The Morgan fingerprint density at radius 2 is 2.20 bits per heavy atom. The van der Waals surface area contributed by atoms with Gasteiger partial charge in [0.2, 0.25) is 0 Å². The van der Waals surface area contributed by atoms with E-state index < -0.39 is 0 Å². The van der Waals surface area contributed by atoms with E-state index >= 15 is 0 Å². The third-order valence-electron chi connectivity index (χ3n) is 3.08. The van der Waals surface area contributed by atoms with Gasteiger partial charge in [-0.2, -0.15) is 0 Å². The van der Waals surface area contributed by atoms with Crippen molar-refractivity contribution in [2.75, 3.05) is 26.4 Å². The Hall–Kier alpha value is 0.170. The van der Waals surface area contributed by atoms with Gasteiger partial charge in [-0.05, 0) is 31.1 Å². The number of rotatable bonds is 2. The van der Waals surface area contributed by atoms with Gasteiger partial charge in [-0.15, -0.1) is 12.4 Å². The molecule has 4 heteroatoms. The minimum absolute atomic E-state index is 0. The van der Waals surface area contributed by atoms with E-state index in [0.29, 0.717) is 11.8 Å².